The zero-order valence-electron chi connectivity index (χ0n) is 14.4. The quantitative estimate of drug-likeness (QED) is 0.750. The van der Waals surface area contributed by atoms with Gasteiger partial charge in [0, 0.05) is 31.5 Å². The minimum Gasteiger partial charge on any atom is -0.355 e. The maximum atomic E-state index is 12.2. The molecular weight excluding hydrogens is 347 g/mol. The number of carbonyl (C=O) groups is 1. The van der Waals surface area contributed by atoms with E-state index in [0.29, 0.717) is 6.04 Å². The molecule has 1 saturated heterocycles. The molecule has 2 fully saturated rings. The fraction of sp³-hybridized carbons (Fsp3) is 0.765. The Morgan fingerprint density at radius 3 is 2.83 bits per heavy atom. The van der Waals surface area contributed by atoms with Crippen LogP contribution in [-0.2, 0) is 11.3 Å². The van der Waals surface area contributed by atoms with Gasteiger partial charge in [-0.15, -0.1) is 24.8 Å². The number of imidazole rings is 1. The number of nitrogens with one attached hydrogen (secondary N) is 2. The van der Waals surface area contributed by atoms with Gasteiger partial charge in [-0.2, -0.15) is 0 Å². The van der Waals surface area contributed by atoms with Crippen LogP contribution in [0.3, 0.4) is 0 Å². The van der Waals surface area contributed by atoms with Gasteiger partial charge in [0.2, 0.25) is 5.91 Å². The van der Waals surface area contributed by atoms with E-state index in [0.717, 1.165) is 44.1 Å². The van der Waals surface area contributed by atoms with E-state index in [1.807, 2.05) is 19.3 Å². The van der Waals surface area contributed by atoms with Gasteiger partial charge in [0.15, 0.2) is 0 Å². The highest BCUT2D eigenvalue weighted by atomic mass is 35.5. The highest BCUT2D eigenvalue weighted by Gasteiger charge is 2.37. The minimum atomic E-state index is 0. The van der Waals surface area contributed by atoms with Crippen LogP contribution in [-0.4, -0.2) is 34.1 Å². The van der Waals surface area contributed by atoms with Crippen molar-refractivity contribution in [1.29, 1.82) is 0 Å². The molecular formula is C17H30Cl2N4O. The first-order valence-electron chi connectivity index (χ1n) is 8.75. The second-order valence-electron chi connectivity index (χ2n) is 6.77. The molecule has 2 aliphatic rings. The number of fused-ring (bicyclic) bond motifs is 1. The van der Waals surface area contributed by atoms with E-state index >= 15 is 0 Å². The molecule has 2 heterocycles. The van der Waals surface area contributed by atoms with Gasteiger partial charge in [-0.25, -0.2) is 4.98 Å². The average molecular weight is 377 g/mol. The van der Waals surface area contributed by atoms with E-state index in [-0.39, 0.29) is 36.8 Å². The predicted molar refractivity (Wildman–Crippen MR) is 101 cm³/mol. The van der Waals surface area contributed by atoms with Crippen molar-refractivity contribution in [1.82, 2.24) is 20.2 Å². The number of rotatable bonds is 6. The lowest BCUT2D eigenvalue weighted by atomic mass is 9.85. The molecule has 2 N–H and O–H groups in total. The van der Waals surface area contributed by atoms with Crippen molar-refractivity contribution in [3.8, 4) is 0 Å². The van der Waals surface area contributed by atoms with Crippen LogP contribution in [0.2, 0.25) is 0 Å². The molecule has 1 aromatic heterocycles. The first kappa shape index (κ1) is 21.3. The number of nitrogens with zero attached hydrogens (tertiary/aromatic N) is 2. The third-order valence-electron chi connectivity index (χ3n) is 5.23. The summed E-state index contributed by atoms with van der Waals surface area (Å²) in [6.07, 6.45) is 12.2. The molecule has 0 aromatic carbocycles. The highest BCUT2D eigenvalue weighted by Crippen LogP contribution is 2.33. The Hall–Kier alpha value is -0.780. The number of amides is 1. The molecule has 3 unspecified atom stereocenters. The SMILES string of the molecule is Cc1nccn1CCCCNC(=O)C1CC2CCCCC2N1.Cl.Cl. The summed E-state index contributed by atoms with van der Waals surface area (Å²) in [7, 11) is 0. The summed E-state index contributed by atoms with van der Waals surface area (Å²) in [4.78, 5) is 16.5. The van der Waals surface area contributed by atoms with Crippen LogP contribution in [0.15, 0.2) is 12.4 Å². The van der Waals surface area contributed by atoms with Crippen molar-refractivity contribution in [3.05, 3.63) is 18.2 Å². The third kappa shape index (κ3) is 5.36. The zero-order chi connectivity index (χ0) is 15.4. The number of hydrogen-bond acceptors (Lipinski definition) is 3. The van der Waals surface area contributed by atoms with E-state index in [9.17, 15) is 4.79 Å². The Morgan fingerprint density at radius 2 is 2.12 bits per heavy atom. The molecule has 1 saturated carbocycles. The number of carbonyl (C=O) groups excluding carboxylic acids is 1. The highest BCUT2D eigenvalue weighted by molar-refractivity contribution is 5.85. The van der Waals surface area contributed by atoms with Crippen LogP contribution >= 0.6 is 24.8 Å². The van der Waals surface area contributed by atoms with Gasteiger partial charge in [-0.05, 0) is 44.9 Å². The summed E-state index contributed by atoms with van der Waals surface area (Å²) >= 11 is 0. The Labute approximate surface area is 157 Å². The Morgan fingerprint density at radius 1 is 1.33 bits per heavy atom. The van der Waals surface area contributed by atoms with Crippen LogP contribution in [0.4, 0.5) is 0 Å². The molecule has 1 aromatic rings. The van der Waals surface area contributed by atoms with E-state index in [1.54, 1.807) is 0 Å². The molecule has 5 nitrogen and oxygen atoms in total. The second-order valence-corrected chi connectivity index (χ2v) is 6.77. The molecule has 1 aliphatic heterocycles. The predicted octanol–water partition coefficient (Wildman–Crippen LogP) is 2.85. The van der Waals surface area contributed by atoms with Crippen LogP contribution in [0.1, 0.15) is 50.8 Å². The number of hydrogen-bond donors (Lipinski definition) is 2. The average Bonchev–Trinajstić information content (AvgIpc) is 3.13. The molecule has 7 heteroatoms. The maximum absolute atomic E-state index is 12.2. The van der Waals surface area contributed by atoms with Gasteiger partial charge in [-0.3, -0.25) is 4.79 Å². The van der Waals surface area contributed by atoms with Crippen molar-refractivity contribution >= 4 is 30.7 Å². The Bertz CT molecular complexity index is 495. The monoisotopic (exact) mass is 376 g/mol. The van der Waals surface area contributed by atoms with Crippen molar-refractivity contribution in [2.45, 2.75) is 70.5 Å². The lowest BCUT2D eigenvalue weighted by Gasteiger charge is -2.24. The van der Waals surface area contributed by atoms with Gasteiger partial charge in [-0.1, -0.05) is 12.8 Å². The number of aryl methyl sites for hydroxylation is 2. The van der Waals surface area contributed by atoms with Gasteiger partial charge in [0.05, 0.1) is 6.04 Å². The molecule has 24 heavy (non-hydrogen) atoms. The first-order valence-corrected chi connectivity index (χ1v) is 8.75. The standard InChI is InChI=1S/C17H28N4O.2ClH/c1-13-18-9-11-21(13)10-5-4-8-19-17(22)16-12-14-6-2-3-7-15(14)20-16;;/h9,11,14-16,20H,2-8,10,12H2,1H3,(H,19,22);2*1H. The lowest BCUT2D eigenvalue weighted by molar-refractivity contribution is -0.122. The lowest BCUT2D eigenvalue weighted by Crippen LogP contribution is -2.43. The molecule has 0 spiro atoms. The van der Waals surface area contributed by atoms with Gasteiger partial charge in [0.25, 0.3) is 0 Å². The van der Waals surface area contributed by atoms with Crippen molar-refractivity contribution in [2.75, 3.05) is 6.54 Å². The van der Waals surface area contributed by atoms with Crippen LogP contribution in [0.25, 0.3) is 0 Å². The number of unbranched alkanes of at least 4 members (excludes halogenated alkanes) is 1. The molecule has 3 rings (SSSR count). The third-order valence-corrected chi connectivity index (χ3v) is 5.23. The Balaban J connectivity index is 0.00000144. The second kappa shape index (κ2) is 10.3. The van der Waals surface area contributed by atoms with Gasteiger partial charge >= 0.3 is 0 Å². The van der Waals surface area contributed by atoms with E-state index in [4.69, 9.17) is 0 Å². The first-order chi connectivity index (χ1) is 10.7. The summed E-state index contributed by atoms with van der Waals surface area (Å²) in [5.74, 6) is 1.99. The molecule has 1 aliphatic carbocycles. The van der Waals surface area contributed by atoms with Crippen LogP contribution in [0.5, 0.6) is 0 Å². The smallest absolute Gasteiger partial charge is 0.237 e. The van der Waals surface area contributed by atoms with E-state index in [2.05, 4.69) is 20.2 Å². The van der Waals surface area contributed by atoms with E-state index in [1.165, 1.54) is 25.7 Å². The Kier molecular flexibility index (Phi) is 9.09. The number of aromatic nitrogens is 2. The normalized spacial score (nSPS) is 25.3. The fourth-order valence-electron chi connectivity index (χ4n) is 3.90. The summed E-state index contributed by atoms with van der Waals surface area (Å²) in [5.41, 5.74) is 0. The topological polar surface area (TPSA) is 59.0 Å². The summed E-state index contributed by atoms with van der Waals surface area (Å²) in [5, 5.41) is 6.64. The summed E-state index contributed by atoms with van der Waals surface area (Å²) in [6.45, 7) is 3.78. The molecule has 1 amide bonds. The van der Waals surface area contributed by atoms with Crippen LogP contribution in [0, 0.1) is 12.8 Å². The van der Waals surface area contributed by atoms with Crippen LogP contribution < -0.4 is 10.6 Å². The fourth-order valence-corrected chi connectivity index (χ4v) is 3.90. The van der Waals surface area contributed by atoms with Gasteiger partial charge in [0.1, 0.15) is 5.82 Å². The molecule has 0 radical (unpaired) electrons. The molecule has 3 atom stereocenters. The van der Waals surface area contributed by atoms with E-state index < -0.39 is 0 Å². The largest absolute Gasteiger partial charge is 0.355 e. The minimum absolute atomic E-state index is 0. The summed E-state index contributed by atoms with van der Waals surface area (Å²) < 4.78 is 2.16. The van der Waals surface area contributed by atoms with Crippen molar-refractivity contribution in [3.63, 3.8) is 0 Å². The number of halogens is 2. The zero-order valence-corrected chi connectivity index (χ0v) is 16.0. The summed E-state index contributed by atoms with van der Waals surface area (Å²) in [6, 6.07) is 0.637. The van der Waals surface area contributed by atoms with Gasteiger partial charge < -0.3 is 15.2 Å². The van der Waals surface area contributed by atoms with Crippen molar-refractivity contribution in [2.24, 2.45) is 5.92 Å². The molecule has 138 valence electrons. The van der Waals surface area contributed by atoms with Crippen molar-refractivity contribution < 1.29 is 4.79 Å². The molecule has 0 bridgehead atoms. The maximum Gasteiger partial charge on any atom is 0.237 e.